The van der Waals surface area contributed by atoms with E-state index in [0.717, 1.165) is 76.6 Å². The maximum atomic E-state index is 6.69. The summed E-state index contributed by atoms with van der Waals surface area (Å²) in [5.41, 5.74) is 10.1. The normalized spacial score (nSPS) is 11.8. The van der Waals surface area contributed by atoms with Crippen LogP contribution in [0.3, 0.4) is 0 Å². The number of nitrogens with zero attached hydrogens (tertiary/aromatic N) is 2. The zero-order valence-electron chi connectivity index (χ0n) is 25.7. The molecule has 0 N–H and O–H groups in total. The van der Waals surface area contributed by atoms with Crippen molar-refractivity contribution in [2.24, 2.45) is 0 Å². The van der Waals surface area contributed by atoms with Gasteiger partial charge in [-0.25, -0.2) is 9.97 Å². The predicted molar refractivity (Wildman–Crippen MR) is 201 cm³/mol. The summed E-state index contributed by atoms with van der Waals surface area (Å²) >= 11 is 1.76. The largest absolute Gasteiger partial charge is 0.455 e. The van der Waals surface area contributed by atoms with Crippen molar-refractivity contribution in [1.82, 2.24) is 9.97 Å². The molecule has 3 nitrogen and oxygen atoms in total. The van der Waals surface area contributed by atoms with Gasteiger partial charge in [0.15, 0.2) is 5.82 Å². The number of para-hydroxylation sites is 1. The van der Waals surface area contributed by atoms with E-state index in [0.29, 0.717) is 5.82 Å². The van der Waals surface area contributed by atoms with E-state index < -0.39 is 0 Å². The molecule has 0 unspecified atom stereocenters. The monoisotopic (exact) mass is 630 g/mol. The molecule has 0 bridgehead atoms. The minimum Gasteiger partial charge on any atom is -0.455 e. The van der Waals surface area contributed by atoms with Crippen molar-refractivity contribution in [3.8, 4) is 44.9 Å². The van der Waals surface area contributed by atoms with Crippen LogP contribution in [0.15, 0.2) is 162 Å². The molecule has 10 rings (SSSR count). The lowest BCUT2D eigenvalue weighted by Crippen LogP contribution is -1.96. The lowest BCUT2D eigenvalue weighted by atomic mass is 9.95. The Bertz CT molecular complexity index is 2850. The van der Waals surface area contributed by atoms with Crippen molar-refractivity contribution < 1.29 is 4.42 Å². The molecule has 0 saturated heterocycles. The van der Waals surface area contributed by atoms with Gasteiger partial charge in [0.05, 0.1) is 15.9 Å². The second-order valence-corrected chi connectivity index (χ2v) is 13.2. The number of thiophene rings is 1. The number of rotatable bonds is 4. The molecule has 0 fully saturated rings. The molecule has 0 atom stereocenters. The fourth-order valence-electron chi connectivity index (χ4n) is 7.05. The lowest BCUT2D eigenvalue weighted by Gasteiger charge is -2.13. The summed E-state index contributed by atoms with van der Waals surface area (Å²) in [6.45, 7) is 0. The summed E-state index contributed by atoms with van der Waals surface area (Å²) in [5.74, 6) is 0.686. The minimum atomic E-state index is 0.686. The van der Waals surface area contributed by atoms with E-state index in [1.54, 1.807) is 11.3 Å². The molecule has 0 aliphatic heterocycles. The Kier molecular flexibility index (Phi) is 6.05. The summed E-state index contributed by atoms with van der Waals surface area (Å²) in [4.78, 5) is 10.8. The van der Waals surface area contributed by atoms with Crippen LogP contribution in [0, 0.1) is 0 Å². The molecule has 0 saturated carbocycles. The summed E-state index contributed by atoms with van der Waals surface area (Å²) in [6, 6.07) is 55.4. The molecule has 0 aliphatic carbocycles. The van der Waals surface area contributed by atoms with Gasteiger partial charge in [-0.05, 0) is 57.8 Å². The second-order valence-electron chi connectivity index (χ2n) is 12.1. The number of aromatic nitrogens is 2. The van der Waals surface area contributed by atoms with Crippen LogP contribution >= 0.6 is 11.3 Å². The average molecular weight is 631 g/mol. The second kappa shape index (κ2) is 10.7. The molecule has 10 aromatic rings. The zero-order chi connectivity index (χ0) is 31.6. The maximum absolute atomic E-state index is 6.69. The third-order valence-electron chi connectivity index (χ3n) is 9.31. The van der Waals surface area contributed by atoms with Gasteiger partial charge in [-0.15, -0.1) is 11.3 Å². The van der Waals surface area contributed by atoms with Crippen molar-refractivity contribution in [3.63, 3.8) is 0 Å². The maximum Gasteiger partial charge on any atom is 0.161 e. The van der Waals surface area contributed by atoms with Crippen molar-refractivity contribution in [1.29, 1.82) is 0 Å². The van der Waals surface area contributed by atoms with Crippen LogP contribution in [-0.4, -0.2) is 9.97 Å². The highest BCUT2D eigenvalue weighted by Gasteiger charge is 2.23. The molecule has 48 heavy (non-hydrogen) atoms. The number of furan rings is 1. The van der Waals surface area contributed by atoms with Gasteiger partial charge >= 0.3 is 0 Å². The minimum absolute atomic E-state index is 0.686. The Morgan fingerprint density at radius 1 is 0.479 bits per heavy atom. The van der Waals surface area contributed by atoms with Crippen molar-refractivity contribution in [2.45, 2.75) is 0 Å². The number of hydrogen-bond acceptors (Lipinski definition) is 4. The number of hydrogen-bond donors (Lipinski definition) is 0. The summed E-state index contributed by atoms with van der Waals surface area (Å²) < 4.78 is 8.98. The quantitative estimate of drug-likeness (QED) is 0.194. The van der Waals surface area contributed by atoms with Gasteiger partial charge in [0.25, 0.3) is 0 Å². The fraction of sp³-hybridized carbons (Fsp3) is 0. The van der Waals surface area contributed by atoms with Crippen LogP contribution in [0.25, 0.3) is 97.9 Å². The van der Waals surface area contributed by atoms with E-state index >= 15 is 0 Å². The van der Waals surface area contributed by atoms with Crippen LogP contribution in [0.5, 0.6) is 0 Å². The first-order valence-corrected chi connectivity index (χ1v) is 16.9. The first-order chi connectivity index (χ1) is 23.8. The Morgan fingerprint density at radius 2 is 1.19 bits per heavy atom. The smallest absolute Gasteiger partial charge is 0.161 e. The molecular weight excluding hydrogens is 605 g/mol. The Morgan fingerprint density at radius 3 is 2.08 bits per heavy atom. The Labute approximate surface area is 280 Å². The third-order valence-corrected chi connectivity index (χ3v) is 10.5. The summed E-state index contributed by atoms with van der Waals surface area (Å²) in [6.07, 6.45) is 0. The van der Waals surface area contributed by atoms with Gasteiger partial charge < -0.3 is 4.42 Å². The molecule has 224 valence electrons. The van der Waals surface area contributed by atoms with Crippen LogP contribution < -0.4 is 0 Å². The number of benzene rings is 7. The first kappa shape index (κ1) is 27.1. The predicted octanol–water partition coefficient (Wildman–Crippen LogP) is 12.6. The zero-order valence-corrected chi connectivity index (χ0v) is 26.5. The van der Waals surface area contributed by atoms with E-state index in [-0.39, 0.29) is 0 Å². The van der Waals surface area contributed by atoms with Crippen molar-refractivity contribution >= 4 is 64.4 Å². The van der Waals surface area contributed by atoms with Crippen LogP contribution in [0.4, 0.5) is 0 Å². The van der Waals surface area contributed by atoms with Crippen LogP contribution in [0.1, 0.15) is 0 Å². The number of fused-ring (bicyclic) bond motifs is 7. The van der Waals surface area contributed by atoms with Gasteiger partial charge in [-0.2, -0.15) is 0 Å². The third kappa shape index (κ3) is 4.20. The average Bonchev–Trinajstić information content (AvgIpc) is 3.73. The van der Waals surface area contributed by atoms with Crippen molar-refractivity contribution in [2.75, 3.05) is 0 Å². The summed E-state index contributed by atoms with van der Waals surface area (Å²) in [5, 5.41) is 5.63. The Hall–Kier alpha value is -6.10. The topological polar surface area (TPSA) is 38.9 Å². The molecule has 3 heterocycles. The van der Waals surface area contributed by atoms with Crippen LogP contribution in [-0.2, 0) is 0 Å². The lowest BCUT2D eigenvalue weighted by molar-refractivity contribution is 0.670. The first-order valence-electron chi connectivity index (χ1n) is 16.1. The van der Waals surface area contributed by atoms with Gasteiger partial charge in [-0.1, -0.05) is 127 Å². The Balaban J connectivity index is 1.28. The highest BCUT2D eigenvalue weighted by molar-refractivity contribution is 7.26. The molecule has 0 radical (unpaired) electrons. The van der Waals surface area contributed by atoms with Gasteiger partial charge in [-0.3, -0.25) is 0 Å². The molecule has 0 aliphatic rings. The van der Waals surface area contributed by atoms with E-state index in [9.17, 15) is 0 Å². The van der Waals surface area contributed by atoms with E-state index in [2.05, 4.69) is 146 Å². The van der Waals surface area contributed by atoms with Gasteiger partial charge in [0, 0.05) is 37.5 Å². The van der Waals surface area contributed by atoms with Gasteiger partial charge in [0.1, 0.15) is 11.2 Å². The van der Waals surface area contributed by atoms with Crippen LogP contribution in [0.2, 0.25) is 0 Å². The summed E-state index contributed by atoms with van der Waals surface area (Å²) in [7, 11) is 0. The van der Waals surface area contributed by atoms with E-state index in [1.165, 1.54) is 15.5 Å². The van der Waals surface area contributed by atoms with Crippen molar-refractivity contribution in [3.05, 3.63) is 158 Å². The molecule has 0 amide bonds. The highest BCUT2D eigenvalue weighted by atomic mass is 32.1. The fourth-order valence-corrected chi connectivity index (χ4v) is 8.20. The molecule has 0 spiro atoms. The molecular formula is C44H26N2OS. The van der Waals surface area contributed by atoms with Gasteiger partial charge in [0.2, 0.25) is 0 Å². The molecule has 7 aromatic carbocycles. The molecule has 3 aromatic heterocycles. The molecule has 4 heteroatoms. The highest BCUT2D eigenvalue weighted by Crippen LogP contribution is 2.45. The standard InChI is InChI=1S/C44H26N2OS/c1-2-13-28(14-3-1)31-16-6-7-17-33(31)40-43-41(35-19-9-11-21-38(35)48-43)46-44(45-40)36-25-24-32(30-23-22-27-12-4-5-15-29(27)26-30)42-39(36)34-18-8-10-20-37(34)47-42/h1-26H. The van der Waals surface area contributed by atoms with E-state index in [1.807, 2.05) is 12.1 Å². The SMILES string of the molecule is c1ccc(-c2ccccc2-c2nc(-c3ccc(-c4ccc5ccccc5c4)c4oc5ccccc5c34)nc3c2sc2ccccc23)cc1. The van der Waals surface area contributed by atoms with E-state index in [4.69, 9.17) is 14.4 Å².